The molecular formula is C18H32N2O. The Bertz CT molecular complexity index is 376. The third-order valence-corrected chi connectivity index (χ3v) is 4.60. The predicted octanol–water partition coefficient (Wildman–Crippen LogP) is 5.31. The third kappa shape index (κ3) is 6.21. The van der Waals surface area contributed by atoms with Crippen LogP contribution in [-0.4, -0.2) is 11.0 Å². The first kappa shape index (κ1) is 16.5. The maximum absolute atomic E-state index is 5.65. The number of rotatable bonds is 3. The van der Waals surface area contributed by atoms with E-state index in [4.69, 9.17) is 4.42 Å². The van der Waals surface area contributed by atoms with Crippen molar-refractivity contribution in [3.8, 4) is 0 Å². The molecule has 1 atom stereocenters. The molecule has 1 unspecified atom stereocenters. The van der Waals surface area contributed by atoms with E-state index in [-0.39, 0.29) is 6.04 Å². The van der Waals surface area contributed by atoms with Gasteiger partial charge in [-0.05, 0) is 26.7 Å². The van der Waals surface area contributed by atoms with Crippen LogP contribution in [0.25, 0.3) is 0 Å². The van der Waals surface area contributed by atoms with Crippen LogP contribution >= 0.6 is 0 Å². The number of oxazole rings is 1. The van der Waals surface area contributed by atoms with Gasteiger partial charge in [-0.3, -0.25) is 0 Å². The van der Waals surface area contributed by atoms with Gasteiger partial charge in [0.25, 0.3) is 0 Å². The molecule has 0 radical (unpaired) electrons. The fourth-order valence-corrected chi connectivity index (χ4v) is 3.33. The van der Waals surface area contributed by atoms with Crippen molar-refractivity contribution in [2.75, 3.05) is 0 Å². The molecular weight excluding hydrogens is 260 g/mol. The van der Waals surface area contributed by atoms with Crippen molar-refractivity contribution in [3.05, 3.63) is 17.8 Å². The first-order valence-corrected chi connectivity index (χ1v) is 8.94. The first-order valence-electron chi connectivity index (χ1n) is 8.94. The summed E-state index contributed by atoms with van der Waals surface area (Å²) in [6.07, 6.45) is 17.1. The van der Waals surface area contributed by atoms with E-state index in [1.807, 2.05) is 13.1 Å². The number of nitrogens with one attached hydrogen (secondary N) is 1. The van der Waals surface area contributed by atoms with E-state index in [0.29, 0.717) is 6.04 Å². The molecule has 0 spiro atoms. The summed E-state index contributed by atoms with van der Waals surface area (Å²) in [7, 11) is 0. The van der Waals surface area contributed by atoms with Crippen molar-refractivity contribution in [2.24, 2.45) is 0 Å². The molecule has 1 fully saturated rings. The van der Waals surface area contributed by atoms with Gasteiger partial charge in [-0.2, -0.15) is 0 Å². The SMILES string of the molecule is Cc1cnc(C(C)NC2CCCCCCCCCCC2)o1. The molecule has 1 saturated carbocycles. The summed E-state index contributed by atoms with van der Waals surface area (Å²) < 4.78 is 5.65. The quantitative estimate of drug-likeness (QED) is 0.820. The van der Waals surface area contributed by atoms with Crippen molar-refractivity contribution in [2.45, 2.75) is 96.6 Å². The van der Waals surface area contributed by atoms with Gasteiger partial charge in [-0.1, -0.05) is 57.8 Å². The summed E-state index contributed by atoms with van der Waals surface area (Å²) in [6, 6.07) is 0.836. The molecule has 0 aliphatic heterocycles. The van der Waals surface area contributed by atoms with Crippen LogP contribution < -0.4 is 5.32 Å². The lowest BCUT2D eigenvalue weighted by Gasteiger charge is -2.22. The molecule has 21 heavy (non-hydrogen) atoms. The molecule has 0 saturated heterocycles. The lowest BCUT2D eigenvalue weighted by atomic mass is 9.97. The van der Waals surface area contributed by atoms with Crippen molar-refractivity contribution in [1.82, 2.24) is 10.3 Å². The van der Waals surface area contributed by atoms with E-state index >= 15 is 0 Å². The summed E-state index contributed by atoms with van der Waals surface area (Å²) in [5, 5.41) is 3.74. The molecule has 120 valence electrons. The van der Waals surface area contributed by atoms with Crippen molar-refractivity contribution < 1.29 is 4.42 Å². The Morgan fingerprint density at radius 2 is 1.52 bits per heavy atom. The van der Waals surface area contributed by atoms with E-state index in [9.17, 15) is 0 Å². The Morgan fingerprint density at radius 3 is 2.00 bits per heavy atom. The topological polar surface area (TPSA) is 38.1 Å². The highest BCUT2D eigenvalue weighted by atomic mass is 16.4. The second kappa shape index (κ2) is 9.24. The van der Waals surface area contributed by atoms with Crippen molar-refractivity contribution in [3.63, 3.8) is 0 Å². The van der Waals surface area contributed by atoms with E-state index in [1.54, 1.807) is 0 Å². The van der Waals surface area contributed by atoms with Crippen LogP contribution in [0.2, 0.25) is 0 Å². The van der Waals surface area contributed by atoms with Gasteiger partial charge in [0, 0.05) is 6.04 Å². The van der Waals surface area contributed by atoms with Crippen LogP contribution in [0.4, 0.5) is 0 Å². The molecule has 3 heteroatoms. The summed E-state index contributed by atoms with van der Waals surface area (Å²) in [5.74, 6) is 1.73. The Labute approximate surface area is 129 Å². The summed E-state index contributed by atoms with van der Waals surface area (Å²) in [6.45, 7) is 4.13. The number of hydrogen-bond acceptors (Lipinski definition) is 3. The van der Waals surface area contributed by atoms with Gasteiger partial charge in [-0.15, -0.1) is 0 Å². The van der Waals surface area contributed by atoms with Gasteiger partial charge in [0.1, 0.15) is 5.76 Å². The van der Waals surface area contributed by atoms with Gasteiger partial charge < -0.3 is 9.73 Å². The zero-order chi connectivity index (χ0) is 14.9. The zero-order valence-electron chi connectivity index (χ0n) is 13.9. The second-order valence-electron chi connectivity index (χ2n) is 6.65. The largest absolute Gasteiger partial charge is 0.444 e. The lowest BCUT2D eigenvalue weighted by Crippen LogP contribution is -2.31. The Hall–Kier alpha value is -0.830. The highest BCUT2D eigenvalue weighted by molar-refractivity contribution is 4.95. The molecule has 0 amide bonds. The fraction of sp³-hybridized carbons (Fsp3) is 0.833. The minimum Gasteiger partial charge on any atom is -0.444 e. The van der Waals surface area contributed by atoms with Crippen LogP contribution in [-0.2, 0) is 0 Å². The average molecular weight is 292 g/mol. The number of aromatic nitrogens is 1. The minimum absolute atomic E-state index is 0.219. The summed E-state index contributed by atoms with van der Waals surface area (Å²) >= 11 is 0. The number of hydrogen-bond donors (Lipinski definition) is 1. The molecule has 1 heterocycles. The van der Waals surface area contributed by atoms with Gasteiger partial charge >= 0.3 is 0 Å². The highest BCUT2D eigenvalue weighted by Crippen LogP contribution is 2.20. The molecule has 1 aliphatic rings. The highest BCUT2D eigenvalue weighted by Gasteiger charge is 2.16. The van der Waals surface area contributed by atoms with Gasteiger partial charge in [-0.25, -0.2) is 4.98 Å². The molecule has 1 aliphatic carbocycles. The smallest absolute Gasteiger partial charge is 0.211 e. The van der Waals surface area contributed by atoms with Crippen molar-refractivity contribution >= 4 is 0 Å². The Morgan fingerprint density at radius 1 is 1.00 bits per heavy atom. The van der Waals surface area contributed by atoms with E-state index in [0.717, 1.165) is 11.7 Å². The van der Waals surface area contributed by atoms with Crippen LogP contribution in [0.1, 0.15) is 95.2 Å². The molecule has 0 aromatic carbocycles. The monoisotopic (exact) mass is 292 g/mol. The van der Waals surface area contributed by atoms with E-state index < -0.39 is 0 Å². The maximum Gasteiger partial charge on any atom is 0.211 e. The lowest BCUT2D eigenvalue weighted by molar-refractivity contribution is 0.334. The third-order valence-electron chi connectivity index (χ3n) is 4.60. The summed E-state index contributed by atoms with van der Waals surface area (Å²) in [5.41, 5.74) is 0. The second-order valence-corrected chi connectivity index (χ2v) is 6.65. The van der Waals surface area contributed by atoms with Gasteiger partial charge in [0.2, 0.25) is 5.89 Å². The molecule has 2 rings (SSSR count). The zero-order valence-corrected chi connectivity index (χ0v) is 13.9. The van der Waals surface area contributed by atoms with Crippen LogP contribution in [0.5, 0.6) is 0 Å². The van der Waals surface area contributed by atoms with Crippen LogP contribution in [0.15, 0.2) is 10.6 Å². The molecule has 1 aromatic rings. The van der Waals surface area contributed by atoms with Gasteiger partial charge in [0.15, 0.2) is 0 Å². The standard InChI is InChI=1S/C18H32N2O/c1-15-14-19-18(21-15)16(2)20-17-12-10-8-6-4-3-5-7-9-11-13-17/h14,16-17,20H,3-13H2,1-2H3. The van der Waals surface area contributed by atoms with E-state index in [1.165, 1.54) is 70.6 Å². The Balaban J connectivity index is 1.82. The fourth-order valence-electron chi connectivity index (χ4n) is 3.33. The Kier molecular flexibility index (Phi) is 7.28. The molecule has 1 aromatic heterocycles. The predicted molar refractivity (Wildman–Crippen MR) is 87.4 cm³/mol. The normalized spacial score (nSPS) is 21.4. The molecule has 0 bridgehead atoms. The number of aryl methyl sites for hydroxylation is 1. The maximum atomic E-state index is 5.65. The van der Waals surface area contributed by atoms with E-state index in [2.05, 4.69) is 17.2 Å². The van der Waals surface area contributed by atoms with Crippen LogP contribution in [0, 0.1) is 6.92 Å². The number of nitrogens with zero attached hydrogens (tertiary/aromatic N) is 1. The molecule has 3 nitrogen and oxygen atoms in total. The van der Waals surface area contributed by atoms with Crippen LogP contribution in [0.3, 0.4) is 0 Å². The minimum atomic E-state index is 0.219. The molecule has 1 N–H and O–H groups in total. The summed E-state index contributed by atoms with van der Waals surface area (Å²) in [4.78, 5) is 4.35. The van der Waals surface area contributed by atoms with Crippen molar-refractivity contribution in [1.29, 1.82) is 0 Å². The van der Waals surface area contributed by atoms with Gasteiger partial charge in [0.05, 0.1) is 12.2 Å². The first-order chi connectivity index (χ1) is 10.3. The average Bonchev–Trinajstić information content (AvgIpc) is 2.88.